The highest BCUT2D eigenvalue weighted by Crippen LogP contribution is 2.57. The van der Waals surface area contributed by atoms with E-state index in [-0.39, 0.29) is 12.1 Å². The topological polar surface area (TPSA) is 44.1 Å². The van der Waals surface area contributed by atoms with Crippen molar-refractivity contribution in [2.24, 2.45) is 36.6 Å². The molecule has 3 fully saturated rings. The Morgan fingerprint density at radius 3 is 2.70 bits per heavy atom. The SMILES string of the molecule is CCC(=O)OC1CCC2C1CCC1C3Cc4c(C)nn(C)c4C=C3CCC12. The van der Waals surface area contributed by atoms with Gasteiger partial charge < -0.3 is 4.74 Å². The Balaban J connectivity index is 1.37. The van der Waals surface area contributed by atoms with E-state index in [9.17, 15) is 4.79 Å². The van der Waals surface area contributed by atoms with Gasteiger partial charge in [0.1, 0.15) is 6.10 Å². The van der Waals surface area contributed by atoms with Crippen molar-refractivity contribution in [3.63, 3.8) is 0 Å². The monoisotopic (exact) mass is 368 g/mol. The molecule has 0 spiro atoms. The van der Waals surface area contributed by atoms with Crippen LogP contribution in [0.1, 0.15) is 68.8 Å². The zero-order chi connectivity index (χ0) is 18.7. The molecule has 5 rings (SSSR count). The molecule has 146 valence electrons. The van der Waals surface area contributed by atoms with Crippen LogP contribution in [0, 0.1) is 36.5 Å². The number of fused-ring (bicyclic) bond motifs is 6. The molecule has 4 nitrogen and oxygen atoms in total. The van der Waals surface area contributed by atoms with Crippen molar-refractivity contribution >= 4 is 12.0 Å². The lowest BCUT2D eigenvalue weighted by atomic mass is 9.56. The molecular weight excluding hydrogens is 336 g/mol. The van der Waals surface area contributed by atoms with Crippen LogP contribution in [-0.4, -0.2) is 21.9 Å². The Labute approximate surface area is 162 Å². The number of hydrogen-bond donors (Lipinski definition) is 0. The van der Waals surface area contributed by atoms with Gasteiger partial charge in [0.2, 0.25) is 0 Å². The van der Waals surface area contributed by atoms with E-state index in [1.807, 2.05) is 6.92 Å². The highest BCUT2D eigenvalue weighted by molar-refractivity contribution is 5.69. The van der Waals surface area contributed by atoms with Crippen molar-refractivity contribution in [1.29, 1.82) is 0 Å². The van der Waals surface area contributed by atoms with Crippen molar-refractivity contribution in [2.75, 3.05) is 0 Å². The highest BCUT2D eigenvalue weighted by atomic mass is 16.5. The second kappa shape index (κ2) is 6.49. The summed E-state index contributed by atoms with van der Waals surface area (Å²) in [5.74, 6) is 3.75. The fraction of sp³-hybridized carbons (Fsp3) is 0.739. The summed E-state index contributed by atoms with van der Waals surface area (Å²) in [5, 5.41) is 4.68. The minimum absolute atomic E-state index is 0.0106. The first kappa shape index (κ1) is 17.5. The summed E-state index contributed by atoms with van der Waals surface area (Å²) in [6.45, 7) is 4.07. The van der Waals surface area contributed by atoms with Crippen LogP contribution in [0.4, 0.5) is 0 Å². The Morgan fingerprint density at radius 2 is 1.89 bits per heavy atom. The van der Waals surface area contributed by atoms with Crippen molar-refractivity contribution in [3.05, 3.63) is 22.5 Å². The second-order valence-corrected chi connectivity index (χ2v) is 9.33. The van der Waals surface area contributed by atoms with Crippen molar-refractivity contribution in [2.45, 2.75) is 71.3 Å². The van der Waals surface area contributed by atoms with E-state index in [0.717, 1.165) is 30.1 Å². The highest BCUT2D eigenvalue weighted by Gasteiger charge is 2.51. The van der Waals surface area contributed by atoms with Crippen LogP contribution in [-0.2, 0) is 23.0 Å². The Hall–Kier alpha value is -1.58. The summed E-state index contributed by atoms with van der Waals surface area (Å²) < 4.78 is 7.89. The van der Waals surface area contributed by atoms with Gasteiger partial charge >= 0.3 is 5.97 Å². The maximum Gasteiger partial charge on any atom is 0.305 e. The Kier molecular flexibility index (Phi) is 4.21. The summed E-state index contributed by atoms with van der Waals surface area (Å²) in [6, 6.07) is 0. The van der Waals surface area contributed by atoms with E-state index >= 15 is 0 Å². The normalized spacial score (nSPS) is 36.9. The number of nitrogens with zero attached hydrogens (tertiary/aromatic N) is 2. The standard InChI is InChI=1S/C23H32N2O2/c1-4-23(26)27-22-10-9-16-15-6-5-14-11-21-19(13(2)24-25(21)3)12-20(14)17(15)7-8-18(16)22/h11,15-18,20,22H,4-10,12H2,1-3H3. The van der Waals surface area contributed by atoms with Crippen LogP contribution >= 0.6 is 0 Å². The Bertz CT molecular complexity index is 793. The van der Waals surface area contributed by atoms with E-state index < -0.39 is 0 Å². The van der Waals surface area contributed by atoms with E-state index in [1.54, 1.807) is 5.57 Å². The number of aryl methyl sites for hydroxylation is 2. The third-order valence-corrected chi connectivity index (χ3v) is 8.22. The molecule has 0 aromatic carbocycles. The van der Waals surface area contributed by atoms with Crippen molar-refractivity contribution in [1.82, 2.24) is 9.78 Å². The van der Waals surface area contributed by atoms with Crippen LogP contribution < -0.4 is 0 Å². The smallest absolute Gasteiger partial charge is 0.305 e. The van der Waals surface area contributed by atoms with Gasteiger partial charge in [-0.2, -0.15) is 5.10 Å². The molecule has 0 aliphatic heterocycles. The first-order valence-electron chi connectivity index (χ1n) is 11.0. The maximum atomic E-state index is 11.8. The molecule has 3 saturated carbocycles. The van der Waals surface area contributed by atoms with Gasteiger partial charge in [-0.3, -0.25) is 9.48 Å². The maximum absolute atomic E-state index is 11.8. The molecule has 4 aliphatic rings. The number of rotatable bonds is 2. The molecule has 0 N–H and O–H groups in total. The zero-order valence-electron chi connectivity index (χ0n) is 16.9. The van der Waals surface area contributed by atoms with Gasteiger partial charge in [-0.15, -0.1) is 0 Å². The predicted molar refractivity (Wildman–Crippen MR) is 105 cm³/mol. The lowest BCUT2D eigenvalue weighted by Crippen LogP contribution is -2.43. The van der Waals surface area contributed by atoms with Gasteiger partial charge in [0, 0.05) is 19.0 Å². The summed E-state index contributed by atoms with van der Waals surface area (Å²) in [6.07, 6.45) is 11.8. The van der Waals surface area contributed by atoms with Crippen molar-refractivity contribution < 1.29 is 9.53 Å². The molecule has 0 bridgehead atoms. The number of ether oxygens (including phenoxy) is 1. The first-order valence-corrected chi connectivity index (χ1v) is 11.0. The molecule has 6 atom stereocenters. The van der Waals surface area contributed by atoms with Gasteiger partial charge in [0.05, 0.1) is 11.4 Å². The summed E-state index contributed by atoms with van der Waals surface area (Å²) in [4.78, 5) is 11.8. The molecule has 1 aromatic rings. The fourth-order valence-corrected chi connectivity index (χ4v) is 7.04. The lowest BCUT2D eigenvalue weighted by Gasteiger charge is -2.49. The van der Waals surface area contributed by atoms with Crippen LogP contribution in [0.2, 0.25) is 0 Å². The van der Waals surface area contributed by atoms with Gasteiger partial charge in [-0.25, -0.2) is 0 Å². The number of carbonyl (C=O) groups excluding carboxylic acids is 1. The number of carbonyl (C=O) groups is 1. The van der Waals surface area contributed by atoms with E-state index in [1.165, 1.54) is 55.5 Å². The van der Waals surface area contributed by atoms with Gasteiger partial charge in [-0.05, 0) is 87.5 Å². The molecule has 6 unspecified atom stereocenters. The van der Waals surface area contributed by atoms with Gasteiger partial charge in [-0.1, -0.05) is 12.5 Å². The summed E-state index contributed by atoms with van der Waals surface area (Å²) >= 11 is 0. The average molecular weight is 369 g/mol. The first-order chi connectivity index (χ1) is 13.1. The average Bonchev–Trinajstić information content (AvgIpc) is 3.20. The number of esters is 1. The largest absolute Gasteiger partial charge is 0.462 e. The second-order valence-electron chi connectivity index (χ2n) is 9.33. The number of hydrogen-bond acceptors (Lipinski definition) is 3. The zero-order valence-corrected chi connectivity index (χ0v) is 16.9. The van der Waals surface area contributed by atoms with E-state index in [2.05, 4.69) is 29.8 Å². The van der Waals surface area contributed by atoms with Crippen molar-refractivity contribution in [3.8, 4) is 0 Å². The minimum Gasteiger partial charge on any atom is -0.462 e. The lowest BCUT2D eigenvalue weighted by molar-refractivity contribution is -0.152. The molecule has 27 heavy (non-hydrogen) atoms. The quantitative estimate of drug-likeness (QED) is 0.724. The third kappa shape index (κ3) is 2.70. The van der Waals surface area contributed by atoms with Crippen LogP contribution in [0.25, 0.3) is 6.08 Å². The molecule has 0 saturated heterocycles. The van der Waals surface area contributed by atoms with Gasteiger partial charge in [0.25, 0.3) is 0 Å². The molecule has 1 heterocycles. The minimum atomic E-state index is -0.0106. The van der Waals surface area contributed by atoms with Crippen LogP contribution in [0.3, 0.4) is 0 Å². The van der Waals surface area contributed by atoms with Gasteiger partial charge in [0.15, 0.2) is 0 Å². The summed E-state index contributed by atoms with van der Waals surface area (Å²) in [7, 11) is 2.08. The van der Waals surface area contributed by atoms with E-state index in [4.69, 9.17) is 4.74 Å². The molecular formula is C23H32N2O2. The number of allylic oxidation sites excluding steroid dienone is 1. The molecule has 1 aromatic heterocycles. The molecule has 0 radical (unpaired) electrons. The van der Waals surface area contributed by atoms with E-state index in [0.29, 0.717) is 12.3 Å². The summed E-state index contributed by atoms with van der Waals surface area (Å²) in [5.41, 5.74) is 5.72. The fourth-order valence-electron chi connectivity index (χ4n) is 7.04. The number of aromatic nitrogens is 2. The Morgan fingerprint density at radius 1 is 1.15 bits per heavy atom. The molecule has 4 heteroatoms. The predicted octanol–water partition coefficient (Wildman–Crippen LogP) is 4.45. The van der Waals surface area contributed by atoms with Crippen LogP contribution in [0.15, 0.2) is 5.57 Å². The van der Waals surface area contributed by atoms with Crippen LogP contribution in [0.5, 0.6) is 0 Å². The molecule has 4 aliphatic carbocycles. The molecule has 0 amide bonds. The third-order valence-electron chi connectivity index (χ3n) is 8.22.